The molecule has 26 heavy (non-hydrogen) atoms. The Morgan fingerprint density at radius 1 is 0.731 bits per heavy atom. The fourth-order valence-corrected chi connectivity index (χ4v) is 2.50. The minimum atomic E-state index is -0.436. The molecule has 0 aliphatic carbocycles. The Morgan fingerprint density at radius 3 is 1.85 bits per heavy atom. The highest BCUT2D eigenvalue weighted by Crippen LogP contribution is 2.15. The molecule has 2 N–H and O–H groups in total. The number of benzene rings is 3. The highest BCUT2D eigenvalue weighted by atomic mass is 19.1. The first kappa shape index (κ1) is 17.4. The van der Waals surface area contributed by atoms with Gasteiger partial charge in [0.2, 0.25) is 0 Å². The quantitative estimate of drug-likeness (QED) is 0.722. The van der Waals surface area contributed by atoms with Crippen LogP contribution in [0.5, 0.6) is 0 Å². The zero-order chi connectivity index (χ0) is 18.5. The number of rotatable bonds is 4. The second-order valence-electron chi connectivity index (χ2n) is 5.87. The third kappa shape index (κ3) is 4.33. The van der Waals surface area contributed by atoms with Gasteiger partial charge in [-0.1, -0.05) is 24.3 Å². The van der Waals surface area contributed by atoms with E-state index in [-0.39, 0.29) is 5.91 Å². The van der Waals surface area contributed by atoms with E-state index in [0.717, 1.165) is 5.56 Å². The molecule has 0 atom stereocenters. The molecule has 0 saturated carbocycles. The third-order valence-electron chi connectivity index (χ3n) is 3.75. The van der Waals surface area contributed by atoms with Gasteiger partial charge in [0.15, 0.2) is 0 Å². The SMILES string of the molecule is Cc1cccc(NC(=O)c2cccc(C(=O)Nc3cccc(F)c3)c2)c1. The highest BCUT2D eigenvalue weighted by Gasteiger charge is 2.11. The summed E-state index contributed by atoms with van der Waals surface area (Å²) < 4.78 is 13.2. The van der Waals surface area contributed by atoms with Gasteiger partial charge in [0, 0.05) is 22.5 Å². The van der Waals surface area contributed by atoms with Gasteiger partial charge in [0.25, 0.3) is 11.8 Å². The van der Waals surface area contributed by atoms with Crippen LogP contribution in [0.3, 0.4) is 0 Å². The normalized spacial score (nSPS) is 10.2. The molecule has 0 aromatic heterocycles. The molecule has 5 heteroatoms. The molecule has 3 aromatic carbocycles. The number of nitrogens with one attached hydrogen (secondary N) is 2. The number of carbonyl (C=O) groups is 2. The first-order valence-electron chi connectivity index (χ1n) is 8.06. The first-order valence-corrected chi connectivity index (χ1v) is 8.06. The van der Waals surface area contributed by atoms with Crippen LogP contribution in [-0.4, -0.2) is 11.8 Å². The average Bonchev–Trinajstić information content (AvgIpc) is 2.62. The maximum atomic E-state index is 13.2. The second kappa shape index (κ2) is 7.61. The maximum absolute atomic E-state index is 13.2. The van der Waals surface area contributed by atoms with Gasteiger partial charge in [-0.15, -0.1) is 0 Å². The van der Waals surface area contributed by atoms with Crippen LogP contribution in [0.1, 0.15) is 26.3 Å². The summed E-state index contributed by atoms with van der Waals surface area (Å²) in [4.78, 5) is 24.7. The third-order valence-corrected chi connectivity index (χ3v) is 3.75. The number of halogens is 1. The van der Waals surface area contributed by atoms with Gasteiger partial charge in [-0.25, -0.2) is 4.39 Å². The standard InChI is InChI=1S/C21H17FN2O2/c1-14-5-2-9-18(11-14)23-20(25)15-6-3-7-16(12-15)21(26)24-19-10-4-8-17(22)13-19/h2-13H,1H3,(H,23,25)(H,24,26). The molecule has 0 unspecified atom stereocenters. The number of aryl methyl sites for hydroxylation is 1. The maximum Gasteiger partial charge on any atom is 0.255 e. The minimum absolute atomic E-state index is 0.309. The van der Waals surface area contributed by atoms with Crippen molar-refractivity contribution in [3.63, 3.8) is 0 Å². The van der Waals surface area contributed by atoms with E-state index in [4.69, 9.17) is 0 Å². The van der Waals surface area contributed by atoms with Crippen LogP contribution in [0.4, 0.5) is 15.8 Å². The van der Waals surface area contributed by atoms with Crippen LogP contribution in [0, 0.1) is 12.7 Å². The average molecular weight is 348 g/mol. The molecule has 130 valence electrons. The van der Waals surface area contributed by atoms with E-state index in [0.29, 0.717) is 22.5 Å². The topological polar surface area (TPSA) is 58.2 Å². The predicted molar refractivity (Wildman–Crippen MR) is 99.9 cm³/mol. The minimum Gasteiger partial charge on any atom is -0.322 e. The molecular formula is C21H17FN2O2. The van der Waals surface area contributed by atoms with Crippen molar-refractivity contribution >= 4 is 23.2 Å². The second-order valence-corrected chi connectivity index (χ2v) is 5.87. The summed E-state index contributed by atoms with van der Waals surface area (Å²) in [6.45, 7) is 1.94. The number of hydrogen-bond donors (Lipinski definition) is 2. The molecule has 4 nitrogen and oxygen atoms in total. The van der Waals surface area contributed by atoms with Crippen molar-refractivity contribution in [2.45, 2.75) is 6.92 Å². The fraction of sp³-hybridized carbons (Fsp3) is 0.0476. The number of amides is 2. The van der Waals surface area contributed by atoms with Crippen LogP contribution >= 0.6 is 0 Å². The molecule has 0 bridgehead atoms. The van der Waals surface area contributed by atoms with Gasteiger partial charge in [0.05, 0.1) is 0 Å². The fourth-order valence-electron chi connectivity index (χ4n) is 2.50. The van der Waals surface area contributed by atoms with Crippen molar-refractivity contribution in [2.75, 3.05) is 10.6 Å². The molecule has 0 aliphatic rings. The summed E-state index contributed by atoms with van der Waals surface area (Å²) in [7, 11) is 0. The van der Waals surface area contributed by atoms with Crippen molar-refractivity contribution in [3.8, 4) is 0 Å². The van der Waals surface area contributed by atoms with Gasteiger partial charge in [-0.3, -0.25) is 9.59 Å². The molecule has 0 fully saturated rings. The Balaban J connectivity index is 1.75. The van der Waals surface area contributed by atoms with Crippen molar-refractivity contribution < 1.29 is 14.0 Å². The van der Waals surface area contributed by atoms with E-state index in [1.54, 1.807) is 30.3 Å². The van der Waals surface area contributed by atoms with E-state index in [1.807, 2.05) is 25.1 Å². The van der Waals surface area contributed by atoms with Crippen LogP contribution in [0.15, 0.2) is 72.8 Å². The van der Waals surface area contributed by atoms with Crippen LogP contribution < -0.4 is 10.6 Å². The summed E-state index contributed by atoms with van der Waals surface area (Å²) in [5.41, 5.74) is 2.74. The zero-order valence-electron chi connectivity index (χ0n) is 14.1. The Hall–Kier alpha value is -3.47. The van der Waals surface area contributed by atoms with Crippen molar-refractivity contribution in [2.24, 2.45) is 0 Å². The molecule has 0 saturated heterocycles. The Bertz CT molecular complexity index is 895. The zero-order valence-corrected chi connectivity index (χ0v) is 14.1. The summed E-state index contributed by atoms with van der Waals surface area (Å²) in [5, 5.41) is 5.41. The highest BCUT2D eigenvalue weighted by molar-refractivity contribution is 6.08. The number of hydrogen-bond acceptors (Lipinski definition) is 2. The first-order chi connectivity index (χ1) is 12.5. The predicted octanol–water partition coefficient (Wildman–Crippen LogP) is 4.64. The summed E-state index contributed by atoms with van der Waals surface area (Å²) in [5.74, 6) is -1.16. The Morgan fingerprint density at radius 2 is 1.27 bits per heavy atom. The molecule has 0 spiro atoms. The lowest BCUT2D eigenvalue weighted by molar-refractivity contribution is 0.102. The molecule has 3 rings (SSSR count). The molecule has 2 amide bonds. The van der Waals surface area contributed by atoms with E-state index in [1.165, 1.54) is 24.3 Å². The van der Waals surface area contributed by atoms with Crippen LogP contribution in [-0.2, 0) is 0 Å². The van der Waals surface area contributed by atoms with Gasteiger partial charge >= 0.3 is 0 Å². The molecule has 3 aromatic rings. The number of carbonyl (C=O) groups excluding carboxylic acids is 2. The van der Waals surface area contributed by atoms with E-state index in [2.05, 4.69) is 10.6 Å². The lowest BCUT2D eigenvalue weighted by atomic mass is 10.1. The molecule has 0 aliphatic heterocycles. The van der Waals surface area contributed by atoms with Crippen LogP contribution in [0.2, 0.25) is 0 Å². The molecule has 0 heterocycles. The van der Waals surface area contributed by atoms with Gasteiger partial charge < -0.3 is 10.6 Å². The summed E-state index contributed by atoms with van der Waals surface area (Å²) in [6.07, 6.45) is 0. The lowest BCUT2D eigenvalue weighted by Gasteiger charge is -2.08. The van der Waals surface area contributed by atoms with Crippen molar-refractivity contribution in [1.29, 1.82) is 0 Å². The van der Waals surface area contributed by atoms with Crippen molar-refractivity contribution in [3.05, 3.63) is 95.3 Å². The molecular weight excluding hydrogens is 331 g/mol. The lowest BCUT2D eigenvalue weighted by Crippen LogP contribution is -2.15. The Labute approximate surface area is 150 Å². The summed E-state index contributed by atoms with van der Waals surface area (Å²) >= 11 is 0. The number of anilines is 2. The van der Waals surface area contributed by atoms with E-state index >= 15 is 0 Å². The van der Waals surface area contributed by atoms with Gasteiger partial charge in [-0.2, -0.15) is 0 Å². The Kier molecular flexibility index (Phi) is 5.08. The van der Waals surface area contributed by atoms with E-state index in [9.17, 15) is 14.0 Å². The van der Waals surface area contributed by atoms with Gasteiger partial charge in [-0.05, 0) is 61.0 Å². The van der Waals surface area contributed by atoms with Crippen molar-refractivity contribution in [1.82, 2.24) is 0 Å². The smallest absolute Gasteiger partial charge is 0.255 e. The van der Waals surface area contributed by atoms with E-state index < -0.39 is 11.7 Å². The van der Waals surface area contributed by atoms with Crippen LogP contribution in [0.25, 0.3) is 0 Å². The largest absolute Gasteiger partial charge is 0.322 e. The molecule has 0 radical (unpaired) electrons. The summed E-state index contributed by atoms with van der Waals surface area (Å²) in [6, 6.07) is 19.4. The van der Waals surface area contributed by atoms with Gasteiger partial charge in [0.1, 0.15) is 5.82 Å². The monoisotopic (exact) mass is 348 g/mol.